The topological polar surface area (TPSA) is 85.3 Å². The number of carbonyl (C=O) groups is 1. The maximum Gasteiger partial charge on any atom is 0.343 e. The van der Waals surface area contributed by atoms with E-state index < -0.39 is 5.97 Å². The smallest absolute Gasteiger partial charge is 0.343 e. The molecule has 0 bridgehead atoms. The lowest BCUT2D eigenvalue weighted by Gasteiger charge is -2.10. The maximum atomic E-state index is 11.5. The summed E-state index contributed by atoms with van der Waals surface area (Å²) in [5.74, 6) is -0.302. The van der Waals surface area contributed by atoms with Gasteiger partial charge in [0.05, 0.1) is 19.8 Å². The number of carbonyl (C=O) groups excluding carboxylic acids is 1. The Kier molecular flexibility index (Phi) is 3.86. The lowest BCUT2D eigenvalue weighted by Crippen LogP contribution is -2.09. The fraction of sp³-hybridized carbons (Fsp3) is 0.273. The SMILES string of the molecule is COC(=O)c1c(C#N)cc(CN)cc1OC. The first-order valence-corrected chi connectivity index (χ1v) is 4.57. The molecular formula is C11H12N2O3. The van der Waals surface area contributed by atoms with Crippen molar-refractivity contribution in [2.75, 3.05) is 14.2 Å². The van der Waals surface area contributed by atoms with Gasteiger partial charge >= 0.3 is 5.97 Å². The van der Waals surface area contributed by atoms with Crippen molar-refractivity contribution < 1.29 is 14.3 Å². The Labute approximate surface area is 93.4 Å². The van der Waals surface area contributed by atoms with Gasteiger partial charge in [-0.05, 0) is 17.7 Å². The molecule has 0 saturated heterocycles. The van der Waals surface area contributed by atoms with E-state index in [0.717, 1.165) is 5.56 Å². The summed E-state index contributed by atoms with van der Waals surface area (Å²) >= 11 is 0. The third-order valence-electron chi connectivity index (χ3n) is 2.13. The number of nitrogens with zero attached hydrogens (tertiary/aromatic N) is 1. The molecule has 0 aliphatic rings. The summed E-state index contributed by atoms with van der Waals surface area (Å²) in [5.41, 5.74) is 6.53. The van der Waals surface area contributed by atoms with Crippen LogP contribution in [-0.4, -0.2) is 20.2 Å². The average Bonchev–Trinajstić information content (AvgIpc) is 2.35. The van der Waals surface area contributed by atoms with E-state index in [1.165, 1.54) is 14.2 Å². The quantitative estimate of drug-likeness (QED) is 0.762. The van der Waals surface area contributed by atoms with Gasteiger partial charge in [-0.3, -0.25) is 0 Å². The van der Waals surface area contributed by atoms with Crippen LogP contribution in [0.25, 0.3) is 0 Å². The molecule has 1 aromatic carbocycles. The number of methoxy groups -OCH3 is 2. The first-order chi connectivity index (χ1) is 7.67. The fourth-order valence-electron chi connectivity index (χ4n) is 1.35. The molecule has 0 unspecified atom stereocenters. The molecule has 0 fully saturated rings. The van der Waals surface area contributed by atoms with Gasteiger partial charge in [0.1, 0.15) is 17.4 Å². The fourth-order valence-corrected chi connectivity index (χ4v) is 1.35. The molecule has 5 nitrogen and oxygen atoms in total. The van der Waals surface area contributed by atoms with Crippen molar-refractivity contribution >= 4 is 5.97 Å². The highest BCUT2D eigenvalue weighted by Gasteiger charge is 2.19. The largest absolute Gasteiger partial charge is 0.496 e. The van der Waals surface area contributed by atoms with Crippen LogP contribution in [0.3, 0.4) is 0 Å². The van der Waals surface area contributed by atoms with E-state index in [4.69, 9.17) is 15.7 Å². The van der Waals surface area contributed by atoms with Crippen molar-refractivity contribution in [3.8, 4) is 11.8 Å². The van der Waals surface area contributed by atoms with Gasteiger partial charge in [-0.25, -0.2) is 4.79 Å². The number of rotatable bonds is 3. The van der Waals surface area contributed by atoms with Gasteiger partial charge in [0.15, 0.2) is 0 Å². The summed E-state index contributed by atoms with van der Waals surface area (Å²) in [6, 6.07) is 5.09. The molecule has 5 heteroatoms. The number of esters is 1. The molecule has 0 aliphatic heterocycles. The molecule has 0 aliphatic carbocycles. The second kappa shape index (κ2) is 5.14. The van der Waals surface area contributed by atoms with Crippen LogP contribution in [0.15, 0.2) is 12.1 Å². The van der Waals surface area contributed by atoms with Gasteiger partial charge in [0.25, 0.3) is 0 Å². The van der Waals surface area contributed by atoms with Crippen LogP contribution < -0.4 is 10.5 Å². The van der Waals surface area contributed by atoms with E-state index in [-0.39, 0.29) is 17.7 Å². The molecule has 0 aromatic heterocycles. The first-order valence-electron chi connectivity index (χ1n) is 4.57. The van der Waals surface area contributed by atoms with Crippen molar-refractivity contribution in [1.82, 2.24) is 0 Å². The zero-order valence-corrected chi connectivity index (χ0v) is 9.11. The van der Waals surface area contributed by atoms with E-state index in [9.17, 15) is 4.79 Å². The van der Waals surface area contributed by atoms with Gasteiger partial charge in [-0.1, -0.05) is 0 Å². The molecule has 0 radical (unpaired) electrons. The Morgan fingerprint density at radius 3 is 2.62 bits per heavy atom. The summed E-state index contributed by atoms with van der Waals surface area (Å²) in [6.07, 6.45) is 0. The minimum atomic E-state index is -0.600. The van der Waals surface area contributed by atoms with Gasteiger partial charge < -0.3 is 15.2 Å². The molecule has 1 aromatic rings. The predicted molar refractivity (Wildman–Crippen MR) is 56.9 cm³/mol. The maximum absolute atomic E-state index is 11.5. The van der Waals surface area contributed by atoms with Gasteiger partial charge in [0.2, 0.25) is 0 Å². The van der Waals surface area contributed by atoms with E-state index in [1.807, 2.05) is 6.07 Å². The van der Waals surface area contributed by atoms with Gasteiger partial charge in [0, 0.05) is 6.54 Å². The van der Waals surface area contributed by atoms with Crippen LogP contribution in [0, 0.1) is 11.3 Å². The molecule has 1 rings (SSSR count). The Bertz CT molecular complexity index is 449. The highest BCUT2D eigenvalue weighted by atomic mass is 16.5. The van der Waals surface area contributed by atoms with Gasteiger partial charge in [-0.2, -0.15) is 5.26 Å². The van der Waals surface area contributed by atoms with E-state index in [0.29, 0.717) is 5.75 Å². The van der Waals surface area contributed by atoms with Crippen molar-refractivity contribution in [2.24, 2.45) is 5.73 Å². The highest BCUT2D eigenvalue weighted by Crippen LogP contribution is 2.25. The lowest BCUT2D eigenvalue weighted by atomic mass is 10.0. The Hall–Kier alpha value is -2.06. The minimum Gasteiger partial charge on any atom is -0.496 e. The average molecular weight is 220 g/mol. The van der Waals surface area contributed by atoms with Crippen LogP contribution in [-0.2, 0) is 11.3 Å². The molecule has 0 spiro atoms. The van der Waals surface area contributed by atoms with E-state index in [1.54, 1.807) is 12.1 Å². The van der Waals surface area contributed by atoms with Crippen LogP contribution in [0.2, 0.25) is 0 Å². The number of nitrogens with two attached hydrogens (primary N) is 1. The summed E-state index contributed by atoms with van der Waals surface area (Å²) in [6.45, 7) is 0.270. The third-order valence-corrected chi connectivity index (χ3v) is 2.13. The third kappa shape index (κ3) is 2.12. The molecular weight excluding hydrogens is 208 g/mol. The molecule has 0 heterocycles. The monoisotopic (exact) mass is 220 g/mol. The Morgan fingerprint density at radius 2 is 2.19 bits per heavy atom. The number of ether oxygens (including phenoxy) is 2. The molecule has 0 amide bonds. The van der Waals surface area contributed by atoms with E-state index >= 15 is 0 Å². The van der Waals surface area contributed by atoms with Crippen molar-refractivity contribution in [1.29, 1.82) is 5.26 Å². The number of nitriles is 1. The standard InChI is InChI=1S/C11H12N2O3/c1-15-9-4-7(5-12)3-8(6-13)10(9)11(14)16-2/h3-4H,5,12H2,1-2H3. The van der Waals surface area contributed by atoms with Gasteiger partial charge in [-0.15, -0.1) is 0 Å². The summed E-state index contributed by atoms with van der Waals surface area (Å²) in [7, 11) is 2.67. The molecule has 84 valence electrons. The van der Waals surface area contributed by atoms with Crippen LogP contribution in [0.1, 0.15) is 21.5 Å². The van der Waals surface area contributed by atoms with Crippen LogP contribution >= 0.6 is 0 Å². The molecule has 0 saturated carbocycles. The molecule has 0 atom stereocenters. The van der Waals surface area contributed by atoms with E-state index in [2.05, 4.69) is 4.74 Å². The number of benzene rings is 1. The zero-order valence-electron chi connectivity index (χ0n) is 9.11. The zero-order chi connectivity index (χ0) is 12.1. The molecule has 2 N–H and O–H groups in total. The minimum absolute atomic E-state index is 0.129. The van der Waals surface area contributed by atoms with Crippen LogP contribution in [0.5, 0.6) is 5.75 Å². The number of hydrogen-bond donors (Lipinski definition) is 1. The molecule has 16 heavy (non-hydrogen) atoms. The van der Waals surface area contributed by atoms with Crippen molar-refractivity contribution in [3.63, 3.8) is 0 Å². The Balaban J connectivity index is 3.45. The number of hydrogen-bond acceptors (Lipinski definition) is 5. The Morgan fingerprint density at radius 1 is 1.50 bits per heavy atom. The second-order valence-corrected chi connectivity index (χ2v) is 3.03. The normalized spacial score (nSPS) is 9.38. The lowest BCUT2D eigenvalue weighted by molar-refractivity contribution is 0.0596. The summed E-state index contributed by atoms with van der Waals surface area (Å²) < 4.78 is 9.64. The first kappa shape index (κ1) is 12.0. The van der Waals surface area contributed by atoms with Crippen LogP contribution in [0.4, 0.5) is 0 Å². The van der Waals surface area contributed by atoms with Crippen molar-refractivity contribution in [2.45, 2.75) is 6.54 Å². The van der Waals surface area contributed by atoms with Crippen molar-refractivity contribution in [3.05, 3.63) is 28.8 Å². The predicted octanol–water partition coefficient (Wildman–Crippen LogP) is 0.812. The second-order valence-electron chi connectivity index (χ2n) is 3.03. The highest BCUT2D eigenvalue weighted by molar-refractivity contribution is 5.95. The summed E-state index contributed by atoms with van der Waals surface area (Å²) in [4.78, 5) is 11.5. The summed E-state index contributed by atoms with van der Waals surface area (Å²) in [5, 5.41) is 8.95.